The first-order chi connectivity index (χ1) is 14.1. The maximum absolute atomic E-state index is 13.0. The van der Waals surface area contributed by atoms with Gasteiger partial charge in [0.05, 0.1) is 0 Å². The molecule has 1 N–H and O–H groups in total. The summed E-state index contributed by atoms with van der Waals surface area (Å²) in [6.45, 7) is 2.97. The summed E-state index contributed by atoms with van der Waals surface area (Å²) in [4.78, 5) is 24.4. The zero-order chi connectivity index (χ0) is 22.3. The zero-order valence-corrected chi connectivity index (χ0v) is 16.2. The van der Waals surface area contributed by atoms with Crippen molar-refractivity contribution in [3.05, 3.63) is 59.3 Å². The zero-order valence-electron chi connectivity index (χ0n) is 16.2. The fourth-order valence-electron chi connectivity index (χ4n) is 2.49. The Labute approximate surface area is 169 Å². The Morgan fingerprint density at radius 3 is 2.50 bits per heavy atom. The van der Waals surface area contributed by atoms with E-state index in [1.165, 1.54) is 20.1 Å². The van der Waals surface area contributed by atoms with Crippen molar-refractivity contribution in [1.29, 1.82) is 0 Å². The first-order valence-corrected chi connectivity index (χ1v) is 8.49. The molecule has 0 saturated heterocycles. The summed E-state index contributed by atoms with van der Waals surface area (Å²) >= 11 is 0. The molecule has 0 aliphatic heterocycles. The van der Waals surface area contributed by atoms with Gasteiger partial charge in [0, 0.05) is 24.2 Å². The van der Waals surface area contributed by atoms with Gasteiger partial charge in [0.1, 0.15) is 18.8 Å². The van der Waals surface area contributed by atoms with Crippen molar-refractivity contribution in [3.63, 3.8) is 0 Å². The molecule has 0 bridgehead atoms. The minimum absolute atomic E-state index is 0.100. The van der Waals surface area contributed by atoms with Gasteiger partial charge in [0.25, 0.3) is 5.88 Å². The number of halogens is 3. The highest BCUT2D eigenvalue weighted by atomic mass is 19.4. The topological polar surface area (TPSA) is 103 Å². The molecule has 0 radical (unpaired) electrons. The second-order valence-corrected chi connectivity index (χ2v) is 5.83. The van der Waals surface area contributed by atoms with E-state index in [1.54, 1.807) is 25.1 Å². The molecule has 0 aliphatic carbocycles. The SMILES string of the molecule is CO/N=C(\C(=O)O)c1ccccc1C(C)O/C(C)=N\Oc1ncccc1C(F)(F)F. The summed E-state index contributed by atoms with van der Waals surface area (Å²) in [5.41, 5.74) is -0.726. The maximum Gasteiger partial charge on any atom is 0.421 e. The van der Waals surface area contributed by atoms with Crippen LogP contribution in [0.3, 0.4) is 0 Å². The van der Waals surface area contributed by atoms with Crippen molar-refractivity contribution in [2.24, 2.45) is 10.3 Å². The first kappa shape index (κ1) is 22.7. The number of carboxylic acids is 1. The molecular formula is C19H18F3N3O5. The van der Waals surface area contributed by atoms with Crippen LogP contribution in [0.4, 0.5) is 13.2 Å². The first-order valence-electron chi connectivity index (χ1n) is 8.49. The summed E-state index contributed by atoms with van der Waals surface area (Å²) in [6, 6.07) is 8.36. The van der Waals surface area contributed by atoms with Gasteiger partial charge in [0.15, 0.2) is 5.71 Å². The van der Waals surface area contributed by atoms with Crippen LogP contribution < -0.4 is 4.84 Å². The van der Waals surface area contributed by atoms with Gasteiger partial charge in [-0.3, -0.25) is 0 Å². The fraction of sp³-hybridized carbons (Fsp3) is 0.263. The smallest absolute Gasteiger partial charge is 0.421 e. The highest BCUT2D eigenvalue weighted by Crippen LogP contribution is 2.34. The predicted molar refractivity (Wildman–Crippen MR) is 100 cm³/mol. The molecule has 0 fully saturated rings. The Bertz CT molecular complexity index is 960. The van der Waals surface area contributed by atoms with E-state index in [1.807, 2.05) is 0 Å². The number of ether oxygens (including phenoxy) is 1. The van der Waals surface area contributed by atoms with Crippen molar-refractivity contribution in [3.8, 4) is 5.88 Å². The number of alkyl halides is 3. The maximum atomic E-state index is 13.0. The highest BCUT2D eigenvalue weighted by molar-refractivity contribution is 6.42. The molecule has 1 atom stereocenters. The number of pyridine rings is 1. The number of oxime groups is 2. The third kappa shape index (κ3) is 5.69. The molecule has 2 aromatic rings. The lowest BCUT2D eigenvalue weighted by Gasteiger charge is -2.17. The summed E-state index contributed by atoms with van der Waals surface area (Å²) in [5.74, 6) is -2.13. The minimum atomic E-state index is -4.66. The molecule has 1 unspecified atom stereocenters. The standard InChI is InChI=1S/C19H18F3N3O5/c1-11(13-7-4-5-8-14(13)16(18(26)27)25-28-3)29-12(2)24-30-17-15(19(20,21)22)9-6-10-23-17/h4-11H,1-3H3,(H,26,27)/b24-12-,25-16-. The number of hydrogen-bond acceptors (Lipinski definition) is 7. The number of rotatable bonds is 7. The average molecular weight is 425 g/mol. The molecule has 0 saturated carbocycles. The lowest BCUT2D eigenvalue weighted by atomic mass is 9.99. The highest BCUT2D eigenvalue weighted by Gasteiger charge is 2.35. The Balaban J connectivity index is 2.23. The molecular weight excluding hydrogens is 407 g/mol. The predicted octanol–water partition coefficient (Wildman–Crippen LogP) is 4.03. The van der Waals surface area contributed by atoms with E-state index < -0.39 is 29.7 Å². The third-order valence-corrected chi connectivity index (χ3v) is 3.72. The molecule has 160 valence electrons. The van der Waals surface area contributed by atoms with Gasteiger partial charge in [0.2, 0.25) is 5.90 Å². The van der Waals surface area contributed by atoms with Crippen LogP contribution in [0.15, 0.2) is 52.9 Å². The quantitative estimate of drug-likeness (QED) is 0.408. The van der Waals surface area contributed by atoms with Crippen molar-refractivity contribution in [2.75, 3.05) is 7.11 Å². The van der Waals surface area contributed by atoms with Gasteiger partial charge in [-0.25, -0.2) is 9.78 Å². The van der Waals surface area contributed by atoms with Crippen LogP contribution in [0, 0.1) is 0 Å². The molecule has 0 amide bonds. The summed E-state index contributed by atoms with van der Waals surface area (Å²) in [7, 11) is 1.21. The van der Waals surface area contributed by atoms with Crippen molar-refractivity contribution >= 4 is 17.6 Å². The lowest BCUT2D eigenvalue weighted by Crippen LogP contribution is -2.19. The van der Waals surface area contributed by atoms with Gasteiger partial charge in [-0.2, -0.15) is 13.2 Å². The molecule has 0 aliphatic rings. The van der Waals surface area contributed by atoms with Crippen molar-refractivity contribution in [2.45, 2.75) is 26.1 Å². The Kier molecular flexibility index (Phi) is 7.34. The van der Waals surface area contributed by atoms with Crippen LogP contribution in [0.25, 0.3) is 0 Å². The fourth-order valence-corrected chi connectivity index (χ4v) is 2.49. The van der Waals surface area contributed by atoms with E-state index in [9.17, 15) is 23.1 Å². The van der Waals surface area contributed by atoms with Gasteiger partial charge in [-0.05, 0) is 24.2 Å². The van der Waals surface area contributed by atoms with Crippen LogP contribution in [0.1, 0.15) is 36.6 Å². The molecule has 8 nitrogen and oxygen atoms in total. The molecule has 1 aromatic heterocycles. The monoisotopic (exact) mass is 425 g/mol. The molecule has 11 heteroatoms. The van der Waals surface area contributed by atoms with Crippen LogP contribution in [0.2, 0.25) is 0 Å². The second kappa shape index (κ2) is 9.72. The van der Waals surface area contributed by atoms with Gasteiger partial charge in [-0.1, -0.05) is 29.4 Å². The van der Waals surface area contributed by atoms with E-state index in [-0.39, 0.29) is 17.2 Å². The number of aliphatic carboxylic acids is 1. The van der Waals surface area contributed by atoms with E-state index in [4.69, 9.17) is 9.57 Å². The summed E-state index contributed by atoms with van der Waals surface area (Å²) < 4.78 is 44.5. The van der Waals surface area contributed by atoms with Gasteiger partial charge >= 0.3 is 12.1 Å². The van der Waals surface area contributed by atoms with Crippen molar-refractivity contribution in [1.82, 2.24) is 4.98 Å². The van der Waals surface area contributed by atoms with E-state index >= 15 is 0 Å². The number of carbonyl (C=O) groups is 1. The van der Waals surface area contributed by atoms with Crippen LogP contribution in [-0.2, 0) is 20.5 Å². The summed E-state index contributed by atoms with van der Waals surface area (Å²) in [5, 5.41) is 16.4. The van der Waals surface area contributed by atoms with E-state index in [2.05, 4.69) is 20.1 Å². The van der Waals surface area contributed by atoms with E-state index in [0.29, 0.717) is 5.56 Å². The molecule has 30 heavy (non-hydrogen) atoms. The lowest BCUT2D eigenvalue weighted by molar-refractivity contribution is -0.139. The Morgan fingerprint density at radius 2 is 1.87 bits per heavy atom. The summed E-state index contributed by atoms with van der Waals surface area (Å²) in [6.07, 6.45) is -4.26. The minimum Gasteiger partial charge on any atom is -0.476 e. The molecule has 1 heterocycles. The molecule has 0 spiro atoms. The number of benzene rings is 1. The molecule has 2 rings (SSSR count). The van der Waals surface area contributed by atoms with Crippen LogP contribution >= 0.6 is 0 Å². The second-order valence-electron chi connectivity index (χ2n) is 5.83. The number of nitrogens with zero attached hydrogens (tertiary/aromatic N) is 3. The third-order valence-electron chi connectivity index (χ3n) is 3.72. The van der Waals surface area contributed by atoms with Gasteiger partial charge < -0.3 is 19.5 Å². The number of aromatic nitrogens is 1. The van der Waals surface area contributed by atoms with Gasteiger partial charge in [-0.15, -0.1) is 0 Å². The molecule has 1 aromatic carbocycles. The number of carboxylic acid groups (broad SMARTS) is 1. The van der Waals surface area contributed by atoms with Crippen LogP contribution in [0.5, 0.6) is 5.88 Å². The Morgan fingerprint density at radius 1 is 1.17 bits per heavy atom. The Hall–Kier alpha value is -3.63. The number of hydrogen-bond donors (Lipinski definition) is 1. The van der Waals surface area contributed by atoms with E-state index in [0.717, 1.165) is 18.3 Å². The largest absolute Gasteiger partial charge is 0.476 e. The average Bonchev–Trinajstić information content (AvgIpc) is 2.69. The van der Waals surface area contributed by atoms with Crippen molar-refractivity contribution < 1.29 is 37.5 Å². The van der Waals surface area contributed by atoms with Crippen LogP contribution in [-0.4, -0.2) is 34.8 Å². The normalized spacial score (nSPS) is 13.5.